The number of nitrogens with one attached hydrogen (secondary N) is 2. The second-order valence-corrected chi connectivity index (χ2v) is 4.20. The largest absolute Gasteiger partial charge is 0.478 e. The Morgan fingerprint density at radius 2 is 2.11 bits per heavy atom. The maximum absolute atomic E-state index is 13.3. The molecule has 1 fully saturated rings. The van der Waals surface area contributed by atoms with Crippen molar-refractivity contribution in [3.05, 3.63) is 29.6 Å². The van der Waals surface area contributed by atoms with E-state index in [-0.39, 0.29) is 18.1 Å². The van der Waals surface area contributed by atoms with E-state index in [0.29, 0.717) is 6.04 Å². The van der Waals surface area contributed by atoms with Gasteiger partial charge in [-0.15, -0.1) is 0 Å². The van der Waals surface area contributed by atoms with E-state index in [1.54, 1.807) is 0 Å². The van der Waals surface area contributed by atoms with Crippen molar-refractivity contribution in [3.8, 4) is 0 Å². The van der Waals surface area contributed by atoms with Crippen molar-refractivity contribution in [2.75, 3.05) is 11.9 Å². The van der Waals surface area contributed by atoms with Crippen LogP contribution in [0.15, 0.2) is 18.2 Å². The molecule has 0 saturated heterocycles. The molecule has 18 heavy (non-hydrogen) atoms. The molecule has 0 aliphatic heterocycles. The van der Waals surface area contributed by atoms with E-state index >= 15 is 0 Å². The van der Waals surface area contributed by atoms with Gasteiger partial charge in [-0.3, -0.25) is 4.79 Å². The molecule has 1 saturated carbocycles. The number of carboxylic acid groups (broad SMARTS) is 1. The zero-order chi connectivity index (χ0) is 13.1. The Morgan fingerprint density at radius 3 is 2.67 bits per heavy atom. The van der Waals surface area contributed by atoms with Crippen molar-refractivity contribution in [3.63, 3.8) is 0 Å². The number of rotatable bonds is 5. The average Bonchev–Trinajstić information content (AvgIpc) is 3.09. The summed E-state index contributed by atoms with van der Waals surface area (Å²) in [7, 11) is 0. The fourth-order valence-corrected chi connectivity index (χ4v) is 1.50. The second kappa shape index (κ2) is 5.14. The molecule has 0 bridgehead atoms. The van der Waals surface area contributed by atoms with Crippen molar-refractivity contribution in [2.45, 2.75) is 18.9 Å². The lowest BCUT2D eigenvalue weighted by atomic mass is 10.2. The van der Waals surface area contributed by atoms with Crippen LogP contribution in [0.25, 0.3) is 0 Å². The third kappa shape index (κ3) is 3.27. The van der Waals surface area contributed by atoms with E-state index in [2.05, 4.69) is 10.6 Å². The maximum Gasteiger partial charge on any atom is 0.338 e. The lowest BCUT2D eigenvalue weighted by Gasteiger charge is -2.07. The molecule has 6 heteroatoms. The summed E-state index contributed by atoms with van der Waals surface area (Å²) in [4.78, 5) is 22.1. The van der Waals surface area contributed by atoms with E-state index in [1.165, 1.54) is 6.07 Å². The van der Waals surface area contributed by atoms with Crippen molar-refractivity contribution in [1.82, 2.24) is 5.32 Å². The molecular formula is C12H13FN2O3. The topological polar surface area (TPSA) is 78.4 Å². The second-order valence-electron chi connectivity index (χ2n) is 4.20. The highest BCUT2D eigenvalue weighted by Gasteiger charge is 2.21. The number of carbonyl (C=O) groups excluding carboxylic acids is 1. The molecular weight excluding hydrogens is 239 g/mol. The lowest BCUT2D eigenvalue weighted by molar-refractivity contribution is -0.115. The van der Waals surface area contributed by atoms with Gasteiger partial charge in [0.25, 0.3) is 0 Å². The number of benzene rings is 1. The van der Waals surface area contributed by atoms with Crippen LogP contribution in [-0.2, 0) is 4.79 Å². The lowest BCUT2D eigenvalue weighted by Crippen LogP contribution is -2.29. The predicted octanol–water partition coefficient (Wildman–Crippen LogP) is 1.21. The fraction of sp³-hybridized carbons (Fsp3) is 0.333. The Morgan fingerprint density at radius 1 is 1.39 bits per heavy atom. The molecule has 1 amide bonds. The van der Waals surface area contributed by atoms with Crippen molar-refractivity contribution < 1.29 is 19.1 Å². The number of halogens is 1. The Bertz CT molecular complexity index is 486. The van der Waals surface area contributed by atoms with Gasteiger partial charge in [-0.1, -0.05) is 0 Å². The highest BCUT2D eigenvalue weighted by molar-refractivity contribution is 5.93. The molecule has 0 unspecified atom stereocenters. The first-order valence-electron chi connectivity index (χ1n) is 5.62. The van der Waals surface area contributed by atoms with E-state index < -0.39 is 17.3 Å². The molecule has 0 atom stereocenters. The third-order valence-electron chi connectivity index (χ3n) is 2.61. The number of carboxylic acids is 1. The van der Waals surface area contributed by atoms with Gasteiger partial charge in [-0.2, -0.15) is 0 Å². The first kappa shape index (κ1) is 12.5. The van der Waals surface area contributed by atoms with Crippen LogP contribution in [0, 0.1) is 5.82 Å². The number of anilines is 1. The van der Waals surface area contributed by atoms with Gasteiger partial charge in [0.15, 0.2) is 0 Å². The Kier molecular flexibility index (Phi) is 3.57. The highest BCUT2D eigenvalue weighted by atomic mass is 19.1. The first-order valence-corrected chi connectivity index (χ1v) is 5.62. The molecule has 96 valence electrons. The minimum atomic E-state index is -1.33. The third-order valence-corrected chi connectivity index (χ3v) is 2.61. The first-order chi connectivity index (χ1) is 8.56. The Balaban J connectivity index is 1.94. The van der Waals surface area contributed by atoms with Gasteiger partial charge in [-0.05, 0) is 31.0 Å². The van der Waals surface area contributed by atoms with Gasteiger partial charge in [-0.25, -0.2) is 9.18 Å². The highest BCUT2D eigenvalue weighted by Crippen LogP contribution is 2.18. The number of aromatic carboxylic acids is 1. The minimum Gasteiger partial charge on any atom is -0.478 e. The number of amides is 1. The molecule has 3 N–H and O–H groups in total. The zero-order valence-corrected chi connectivity index (χ0v) is 9.57. The number of carbonyl (C=O) groups is 2. The zero-order valence-electron chi connectivity index (χ0n) is 9.57. The summed E-state index contributed by atoms with van der Waals surface area (Å²) in [6.07, 6.45) is 2.16. The molecule has 1 aromatic carbocycles. The van der Waals surface area contributed by atoms with Crippen molar-refractivity contribution in [1.29, 1.82) is 0 Å². The Labute approximate surface area is 103 Å². The van der Waals surface area contributed by atoms with Gasteiger partial charge in [0.2, 0.25) is 5.91 Å². The molecule has 0 heterocycles. The van der Waals surface area contributed by atoms with Crippen LogP contribution in [0.3, 0.4) is 0 Å². The van der Waals surface area contributed by atoms with Crippen LogP contribution in [0.5, 0.6) is 0 Å². The molecule has 1 aliphatic rings. The van der Waals surface area contributed by atoms with Gasteiger partial charge in [0.1, 0.15) is 5.82 Å². The molecule has 1 aromatic rings. The van der Waals surface area contributed by atoms with Gasteiger partial charge in [0, 0.05) is 11.7 Å². The van der Waals surface area contributed by atoms with Gasteiger partial charge in [0.05, 0.1) is 12.1 Å². The van der Waals surface area contributed by atoms with Crippen LogP contribution in [-0.4, -0.2) is 29.6 Å². The maximum atomic E-state index is 13.3. The van der Waals surface area contributed by atoms with E-state index in [9.17, 15) is 14.0 Å². The Hall–Kier alpha value is -1.95. The molecule has 2 rings (SSSR count). The predicted molar refractivity (Wildman–Crippen MR) is 63.0 cm³/mol. The molecule has 1 aliphatic carbocycles. The van der Waals surface area contributed by atoms with Crippen LogP contribution < -0.4 is 10.6 Å². The van der Waals surface area contributed by atoms with E-state index in [1.807, 2.05) is 0 Å². The SMILES string of the molecule is O=C(CNC1CC1)Nc1ccc(C(=O)O)c(F)c1. The summed E-state index contributed by atoms with van der Waals surface area (Å²) in [5, 5.41) is 14.2. The molecule has 0 aromatic heterocycles. The summed E-state index contributed by atoms with van der Waals surface area (Å²) < 4.78 is 13.3. The van der Waals surface area contributed by atoms with E-state index in [0.717, 1.165) is 25.0 Å². The normalized spacial score (nSPS) is 14.3. The summed E-state index contributed by atoms with van der Waals surface area (Å²) >= 11 is 0. The smallest absolute Gasteiger partial charge is 0.338 e. The molecule has 5 nitrogen and oxygen atoms in total. The summed E-state index contributed by atoms with van der Waals surface area (Å²) in [5.41, 5.74) is -0.163. The van der Waals surface area contributed by atoms with Crippen LogP contribution >= 0.6 is 0 Å². The molecule has 0 spiro atoms. The quantitative estimate of drug-likeness (QED) is 0.736. The summed E-state index contributed by atoms with van der Waals surface area (Å²) in [5.74, 6) is -2.47. The number of hydrogen-bond donors (Lipinski definition) is 3. The van der Waals surface area contributed by atoms with Crippen LogP contribution in [0.1, 0.15) is 23.2 Å². The van der Waals surface area contributed by atoms with Crippen LogP contribution in [0.2, 0.25) is 0 Å². The van der Waals surface area contributed by atoms with Crippen molar-refractivity contribution >= 4 is 17.6 Å². The summed E-state index contributed by atoms with van der Waals surface area (Å²) in [6.45, 7) is 0.174. The standard InChI is InChI=1S/C12H13FN2O3/c13-10-5-8(3-4-9(10)12(17)18)15-11(16)6-14-7-1-2-7/h3-5,7,14H,1-2,6H2,(H,15,16)(H,17,18). The average molecular weight is 252 g/mol. The van der Waals surface area contributed by atoms with Gasteiger partial charge >= 0.3 is 5.97 Å². The fourth-order valence-electron chi connectivity index (χ4n) is 1.50. The van der Waals surface area contributed by atoms with E-state index in [4.69, 9.17) is 5.11 Å². The van der Waals surface area contributed by atoms with Crippen molar-refractivity contribution in [2.24, 2.45) is 0 Å². The number of hydrogen-bond acceptors (Lipinski definition) is 3. The minimum absolute atomic E-state index is 0.174. The monoisotopic (exact) mass is 252 g/mol. The molecule has 0 radical (unpaired) electrons. The van der Waals surface area contributed by atoms with Gasteiger partial charge < -0.3 is 15.7 Å². The summed E-state index contributed by atoms with van der Waals surface area (Å²) in [6, 6.07) is 3.91. The van der Waals surface area contributed by atoms with Crippen LogP contribution in [0.4, 0.5) is 10.1 Å².